The van der Waals surface area contributed by atoms with Crippen LogP contribution in [0.15, 0.2) is 91.6 Å². The minimum atomic E-state index is -4.49. The summed E-state index contributed by atoms with van der Waals surface area (Å²) in [6.07, 6.45) is -3.30. The van der Waals surface area contributed by atoms with Crippen molar-refractivity contribution < 1.29 is 17.6 Å². The zero-order chi connectivity index (χ0) is 23.2. The Bertz CT molecular complexity index is 1600. The summed E-state index contributed by atoms with van der Waals surface area (Å²) in [5.74, 6) is 0.432. The van der Waals surface area contributed by atoms with Crippen LogP contribution in [0.1, 0.15) is 11.1 Å². The molecule has 0 aliphatic heterocycles. The molecule has 0 aliphatic rings. The molecule has 5 nitrogen and oxygen atoms in total. The fourth-order valence-corrected chi connectivity index (χ4v) is 3.81. The summed E-state index contributed by atoms with van der Waals surface area (Å²) in [4.78, 5) is 17.8. The SMILES string of the molecule is O=c1c2ccccc2nc(-c2cc3cc(Br)ccc3o2)n1N=Cc1cccc(C(F)(F)F)c1. The first-order valence-corrected chi connectivity index (χ1v) is 10.5. The number of hydrogen-bond acceptors (Lipinski definition) is 4. The van der Waals surface area contributed by atoms with Gasteiger partial charge in [0.15, 0.2) is 5.76 Å². The van der Waals surface area contributed by atoms with Gasteiger partial charge in [-0.15, -0.1) is 0 Å². The fraction of sp³-hybridized carbons (Fsp3) is 0.0417. The molecule has 2 aromatic heterocycles. The number of para-hydroxylation sites is 1. The first kappa shape index (κ1) is 21.1. The Hall–Kier alpha value is -3.72. The van der Waals surface area contributed by atoms with E-state index in [4.69, 9.17) is 4.42 Å². The highest BCUT2D eigenvalue weighted by Gasteiger charge is 2.30. The second kappa shape index (κ2) is 8.00. The van der Waals surface area contributed by atoms with Gasteiger partial charge in [-0.25, -0.2) is 4.98 Å². The average molecular weight is 512 g/mol. The third-order valence-corrected chi connectivity index (χ3v) is 5.48. The quantitative estimate of drug-likeness (QED) is 0.260. The maximum atomic E-state index is 13.2. The molecule has 0 N–H and O–H groups in total. The number of halogens is 4. The normalized spacial score (nSPS) is 12.2. The van der Waals surface area contributed by atoms with Crippen molar-refractivity contribution in [2.24, 2.45) is 5.10 Å². The summed E-state index contributed by atoms with van der Waals surface area (Å²) >= 11 is 3.41. The smallest absolute Gasteiger partial charge is 0.416 e. The van der Waals surface area contributed by atoms with Crippen LogP contribution in [-0.2, 0) is 6.18 Å². The van der Waals surface area contributed by atoms with Gasteiger partial charge in [-0.05, 0) is 54.1 Å². The number of alkyl halides is 3. The number of hydrogen-bond donors (Lipinski definition) is 0. The van der Waals surface area contributed by atoms with Crippen LogP contribution in [0.5, 0.6) is 0 Å². The molecular formula is C24H13BrF3N3O2. The number of rotatable bonds is 3. The molecule has 0 spiro atoms. The minimum Gasteiger partial charge on any atom is -0.453 e. The molecule has 0 saturated heterocycles. The third-order valence-electron chi connectivity index (χ3n) is 4.99. The Morgan fingerprint density at radius 2 is 1.82 bits per heavy atom. The number of furan rings is 1. The van der Waals surface area contributed by atoms with Crippen LogP contribution in [0.3, 0.4) is 0 Å². The molecule has 0 saturated carbocycles. The van der Waals surface area contributed by atoms with Crippen LogP contribution in [0.4, 0.5) is 13.2 Å². The zero-order valence-electron chi connectivity index (χ0n) is 16.7. The van der Waals surface area contributed by atoms with E-state index in [1.165, 1.54) is 18.3 Å². The lowest BCUT2D eigenvalue weighted by Crippen LogP contribution is -2.20. The molecule has 2 heterocycles. The van der Waals surface area contributed by atoms with Crippen LogP contribution in [0, 0.1) is 0 Å². The Morgan fingerprint density at radius 3 is 2.64 bits per heavy atom. The van der Waals surface area contributed by atoms with E-state index in [0.29, 0.717) is 22.2 Å². The molecular weight excluding hydrogens is 499 g/mol. The third kappa shape index (κ3) is 4.07. The number of aromatic nitrogens is 2. The maximum Gasteiger partial charge on any atom is 0.416 e. The summed E-state index contributed by atoms with van der Waals surface area (Å²) in [5, 5.41) is 5.30. The van der Waals surface area contributed by atoms with Crippen LogP contribution in [0.2, 0.25) is 0 Å². The van der Waals surface area contributed by atoms with Crippen molar-refractivity contribution in [2.45, 2.75) is 6.18 Å². The molecule has 9 heteroatoms. The van der Waals surface area contributed by atoms with Crippen molar-refractivity contribution in [3.63, 3.8) is 0 Å². The zero-order valence-corrected chi connectivity index (χ0v) is 18.3. The molecule has 0 bridgehead atoms. The Kier molecular flexibility index (Phi) is 5.13. The van der Waals surface area contributed by atoms with Crippen molar-refractivity contribution in [1.29, 1.82) is 0 Å². The topological polar surface area (TPSA) is 60.4 Å². The minimum absolute atomic E-state index is 0.134. The van der Waals surface area contributed by atoms with Gasteiger partial charge < -0.3 is 4.42 Å². The summed E-state index contributed by atoms with van der Waals surface area (Å²) in [5.41, 5.74) is -0.0583. The van der Waals surface area contributed by atoms with E-state index in [1.54, 1.807) is 36.4 Å². The van der Waals surface area contributed by atoms with E-state index >= 15 is 0 Å². The van der Waals surface area contributed by atoms with E-state index in [1.807, 2.05) is 12.1 Å². The monoisotopic (exact) mass is 511 g/mol. The van der Waals surface area contributed by atoms with E-state index < -0.39 is 17.3 Å². The number of benzene rings is 3. The Morgan fingerprint density at radius 1 is 1.00 bits per heavy atom. The molecule has 3 aromatic carbocycles. The molecule has 164 valence electrons. The van der Waals surface area contributed by atoms with Crippen LogP contribution < -0.4 is 5.56 Å². The van der Waals surface area contributed by atoms with Gasteiger partial charge >= 0.3 is 6.18 Å². The van der Waals surface area contributed by atoms with Crippen molar-refractivity contribution in [3.8, 4) is 11.6 Å². The molecule has 0 atom stereocenters. The summed E-state index contributed by atoms with van der Waals surface area (Å²) in [6.45, 7) is 0. The largest absolute Gasteiger partial charge is 0.453 e. The lowest BCUT2D eigenvalue weighted by atomic mass is 10.1. The van der Waals surface area contributed by atoms with Gasteiger partial charge in [-0.1, -0.05) is 40.2 Å². The lowest BCUT2D eigenvalue weighted by molar-refractivity contribution is -0.137. The standard InChI is InChI=1S/C24H13BrF3N3O2/c25-17-8-9-20-15(11-17)12-21(33-20)22-30-19-7-2-1-6-18(19)23(32)31(22)29-13-14-4-3-5-16(10-14)24(26,27)28/h1-13H. The average Bonchev–Trinajstić information content (AvgIpc) is 3.21. The molecule has 0 unspecified atom stereocenters. The lowest BCUT2D eigenvalue weighted by Gasteiger charge is -2.08. The van der Waals surface area contributed by atoms with E-state index in [9.17, 15) is 18.0 Å². The van der Waals surface area contributed by atoms with Gasteiger partial charge in [-0.3, -0.25) is 4.79 Å². The van der Waals surface area contributed by atoms with Crippen molar-refractivity contribution >= 4 is 44.0 Å². The Balaban J connectivity index is 1.70. The highest BCUT2D eigenvalue weighted by molar-refractivity contribution is 9.10. The molecule has 0 aliphatic carbocycles. The van der Waals surface area contributed by atoms with E-state index in [-0.39, 0.29) is 11.4 Å². The van der Waals surface area contributed by atoms with Gasteiger partial charge in [0, 0.05) is 9.86 Å². The number of nitrogens with zero attached hydrogens (tertiary/aromatic N) is 3. The molecule has 5 rings (SSSR count). The van der Waals surface area contributed by atoms with E-state index in [0.717, 1.165) is 26.7 Å². The fourth-order valence-electron chi connectivity index (χ4n) is 3.43. The van der Waals surface area contributed by atoms with Gasteiger partial charge in [-0.2, -0.15) is 22.9 Å². The van der Waals surface area contributed by atoms with Gasteiger partial charge in [0.1, 0.15) is 5.58 Å². The molecule has 0 amide bonds. The van der Waals surface area contributed by atoms with Gasteiger partial charge in [0.25, 0.3) is 5.56 Å². The van der Waals surface area contributed by atoms with Crippen molar-refractivity contribution in [1.82, 2.24) is 9.66 Å². The highest BCUT2D eigenvalue weighted by atomic mass is 79.9. The second-order valence-electron chi connectivity index (χ2n) is 7.23. The number of fused-ring (bicyclic) bond motifs is 2. The first-order valence-electron chi connectivity index (χ1n) is 9.72. The van der Waals surface area contributed by atoms with E-state index in [2.05, 4.69) is 26.0 Å². The van der Waals surface area contributed by atoms with Crippen molar-refractivity contribution in [3.05, 3.63) is 98.7 Å². The maximum absolute atomic E-state index is 13.2. The van der Waals surface area contributed by atoms with Crippen LogP contribution >= 0.6 is 15.9 Å². The highest BCUT2D eigenvalue weighted by Crippen LogP contribution is 2.30. The molecule has 0 radical (unpaired) electrons. The molecule has 5 aromatic rings. The first-order chi connectivity index (χ1) is 15.8. The summed E-state index contributed by atoms with van der Waals surface area (Å²) in [7, 11) is 0. The molecule has 33 heavy (non-hydrogen) atoms. The predicted molar refractivity (Wildman–Crippen MR) is 123 cm³/mol. The van der Waals surface area contributed by atoms with Crippen LogP contribution in [0.25, 0.3) is 33.5 Å². The summed E-state index contributed by atoms with van der Waals surface area (Å²) < 4.78 is 47.0. The predicted octanol–water partition coefficient (Wildman–Crippen LogP) is 6.47. The second-order valence-corrected chi connectivity index (χ2v) is 8.15. The summed E-state index contributed by atoms with van der Waals surface area (Å²) in [6, 6.07) is 18.6. The Labute approximate surface area is 192 Å². The van der Waals surface area contributed by atoms with Crippen molar-refractivity contribution in [2.75, 3.05) is 0 Å². The van der Waals surface area contributed by atoms with Gasteiger partial charge in [0.05, 0.1) is 22.7 Å². The van der Waals surface area contributed by atoms with Crippen LogP contribution in [-0.4, -0.2) is 15.9 Å². The molecule has 0 fully saturated rings. The van der Waals surface area contributed by atoms with Gasteiger partial charge in [0.2, 0.25) is 5.82 Å².